The molecule has 2 unspecified atom stereocenters. The van der Waals surface area contributed by atoms with E-state index >= 15 is 0 Å². The van der Waals surface area contributed by atoms with Crippen LogP contribution in [0.2, 0.25) is 0 Å². The molecule has 0 heterocycles. The monoisotopic (exact) mass is 271 g/mol. The summed E-state index contributed by atoms with van der Waals surface area (Å²) in [5.74, 6) is 0.850. The first kappa shape index (κ1) is 16.4. The number of nitrogens with zero attached hydrogens (tertiary/aromatic N) is 1. The minimum Gasteiger partial charge on any atom is -0.383 e. The Labute approximate surface area is 116 Å². The highest BCUT2D eigenvalue weighted by Gasteiger charge is 2.35. The van der Waals surface area contributed by atoms with E-state index in [0.717, 1.165) is 12.5 Å². The van der Waals surface area contributed by atoms with E-state index < -0.39 is 0 Å². The van der Waals surface area contributed by atoms with Crippen molar-refractivity contribution in [1.29, 1.82) is 0 Å². The number of carbonyl (C=O) groups is 1. The van der Waals surface area contributed by atoms with Gasteiger partial charge < -0.3 is 15.8 Å². The molecule has 1 fully saturated rings. The minimum atomic E-state index is 0.0864. The van der Waals surface area contributed by atoms with Crippen molar-refractivity contribution >= 4 is 5.91 Å². The molecule has 0 aromatic rings. The molecular formula is C14H29N3O2. The largest absolute Gasteiger partial charge is 0.383 e. The molecule has 1 aliphatic carbocycles. The molecule has 1 saturated carbocycles. The molecule has 0 bridgehead atoms. The Morgan fingerprint density at radius 3 is 2.68 bits per heavy atom. The Morgan fingerprint density at radius 1 is 1.53 bits per heavy atom. The summed E-state index contributed by atoms with van der Waals surface area (Å²) in [4.78, 5) is 14.1. The van der Waals surface area contributed by atoms with Crippen LogP contribution >= 0.6 is 0 Å². The van der Waals surface area contributed by atoms with Crippen molar-refractivity contribution in [1.82, 2.24) is 10.2 Å². The van der Waals surface area contributed by atoms with E-state index in [1.807, 2.05) is 6.92 Å². The first-order chi connectivity index (χ1) is 9.13. The smallest absolute Gasteiger partial charge is 0.221 e. The quantitative estimate of drug-likeness (QED) is 0.610. The summed E-state index contributed by atoms with van der Waals surface area (Å²) in [6.45, 7) is 6.89. The standard InChI is InChI=1S/C14H29N3O2/c1-4-16-14(18)9-13(10-15)17(7-8-19-3)11(2)12-5-6-12/h11-13H,4-10,15H2,1-3H3,(H,16,18). The number of methoxy groups -OCH3 is 1. The third kappa shape index (κ3) is 5.47. The average molecular weight is 271 g/mol. The number of amides is 1. The zero-order valence-corrected chi connectivity index (χ0v) is 12.5. The fourth-order valence-electron chi connectivity index (χ4n) is 2.58. The highest BCUT2D eigenvalue weighted by Crippen LogP contribution is 2.35. The fourth-order valence-corrected chi connectivity index (χ4v) is 2.58. The Kier molecular flexibility index (Phi) is 7.34. The highest BCUT2D eigenvalue weighted by atomic mass is 16.5. The highest BCUT2D eigenvalue weighted by molar-refractivity contribution is 5.76. The maximum absolute atomic E-state index is 11.8. The summed E-state index contributed by atoms with van der Waals surface area (Å²) >= 11 is 0. The van der Waals surface area contributed by atoms with Crippen LogP contribution in [-0.2, 0) is 9.53 Å². The fraction of sp³-hybridized carbons (Fsp3) is 0.929. The predicted octanol–water partition coefficient (Wildman–Crippen LogP) is 0.587. The molecular weight excluding hydrogens is 242 g/mol. The third-order valence-electron chi connectivity index (χ3n) is 3.92. The SMILES string of the molecule is CCNC(=O)CC(CN)N(CCOC)C(C)C1CC1. The number of hydrogen-bond acceptors (Lipinski definition) is 4. The zero-order valence-electron chi connectivity index (χ0n) is 12.5. The van der Waals surface area contributed by atoms with Gasteiger partial charge >= 0.3 is 0 Å². The van der Waals surface area contributed by atoms with Gasteiger partial charge in [-0.1, -0.05) is 0 Å². The molecule has 0 aromatic heterocycles. The average Bonchev–Trinajstić information content (AvgIpc) is 3.21. The molecule has 5 heteroatoms. The second-order valence-corrected chi connectivity index (χ2v) is 5.36. The molecule has 0 radical (unpaired) electrons. The number of nitrogens with one attached hydrogen (secondary N) is 1. The van der Waals surface area contributed by atoms with Crippen molar-refractivity contribution in [2.24, 2.45) is 11.7 Å². The summed E-state index contributed by atoms with van der Waals surface area (Å²) in [5, 5.41) is 2.85. The minimum absolute atomic E-state index is 0.0864. The van der Waals surface area contributed by atoms with Crippen LogP contribution in [0.3, 0.4) is 0 Å². The topological polar surface area (TPSA) is 67.6 Å². The first-order valence-corrected chi connectivity index (χ1v) is 7.35. The van der Waals surface area contributed by atoms with Crippen LogP contribution in [0.4, 0.5) is 0 Å². The van der Waals surface area contributed by atoms with Gasteiger partial charge in [0.05, 0.1) is 6.61 Å². The maximum atomic E-state index is 11.8. The lowest BCUT2D eigenvalue weighted by atomic mass is 10.1. The van der Waals surface area contributed by atoms with Crippen molar-refractivity contribution in [3.63, 3.8) is 0 Å². The van der Waals surface area contributed by atoms with E-state index in [1.54, 1.807) is 7.11 Å². The predicted molar refractivity (Wildman–Crippen MR) is 76.9 cm³/mol. The number of nitrogens with two attached hydrogens (primary N) is 1. The summed E-state index contributed by atoms with van der Waals surface area (Å²) in [7, 11) is 1.71. The molecule has 112 valence electrons. The van der Waals surface area contributed by atoms with Crippen molar-refractivity contribution in [3.05, 3.63) is 0 Å². The molecule has 1 aliphatic rings. The van der Waals surface area contributed by atoms with Gasteiger partial charge in [-0.25, -0.2) is 0 Å². The van der Waals surface area contributed by atoms with Crippen LogP contribution in [0, 0.1) is 5.92 Å². The molecule has 0 aliphatic heterocycles. The summed E-state index contributed by atoms with van der Waals surface area (Å²) in [5.41, 5.74) is 5.89. The Hall–Kier alpha value is -0.650. The van der Waals surface area contributed by atoms with Gasteiger partial charge in [0.1, 0.15) is 0 Å². The molecule has 5 nitrogen and oxygen atoms in total. The van der Waals surface area contributed by atoms with E-state index in [4.69, 9.17) is 10.5 Å². The van der Waals surface area contributed by atoms with Crippen molar-refractivity contribution in [3.8, 4) is 0 Å². The summed E-state index contributed by atoms with van der Waals surface area (Å²) in [6.07, 6.45) is 3.07. The Balaban J connectivity index is 2.59. The van der Waals surface area contributed by atoms with Crippen LogP contribution in [0.25, 0.3) is 0 Å². The molecule has 0 saturated heterocycles. The molecule has 19 heavy (non-hydrogen) atoms. The normalized spacial score (nSPS) is 18.4. The van der Waals surface area contributed by atoms with Crippen LogP contribution in [-0.4, -0.2) is 56.2 Å². The summed E-state index contributed by atoms with van der Waals surface area (Å²) < 4.78 is 5.19. The zero-order chi connectivity index (χ0) is 14.3. The van der Waals surface area contributed by atoms with Gasteiger partial charge in [0.25, 0.3) is 0 Å². The van der Waals surface area contributed by atoms with Gasteiger partial charge in [-0.3, -0.25) is 9.69 Å². The van der Waals surface area contributed by atoms with Gasteiger partial charge in [-0.2, -0.15) is 0 Å². The molecule has 3 N–H and O–H groups in total. The molecule has 1 rings (SSSR count). The Bertz CT molecular complexity index is 269. The van der Waals surface area contributed by atoms with Crippen molar-refractivity contribution < 1.29 is 9.53 Å². The van der Waals surface area contributed by atoms with Crippen molar-refractivity contribution in [2.75, 3.05) is 33.4 Å². The van der Waals surface area contributed by atoms with Gasteiger partial charge in [0, 0.05) is 45.2 Å². The first-order valence-electron chi connectivity index (χ1n) is 7.35. The molecule has 1 amide bonds. The lowest BCUT2D eigenvalue weighted by Gasteiger charge is -2.35. The lowest BCUT2D eigenvalue weighted by molar-refractivity contribution is -0.122. The lowest BCUT2D eigenvalue weighted by Crippen LogP contribution is -2.50. The second kappa shape index (κ2) is 8.51. The van der Waals surface area contributed by atoms with Gasteiger partial charge in [-0.15, -0.1) is 0 Å². The number of hydrogen-bond donors (Lipinski definition) is 2. The number of ether oxygens (including phenoxy) is 1. The maximum Gasteiger partial charge on any atom is 0.221 e. The van der Waals surface area contributed by atoms with Crippen LogP contribution in [0.15, 0.2) is 0 Å². The van der Waals surface area contributed by atoms with Crippen LogP contribution in [0.5, 0.6) is 0 Å². The number of rotatable bonds is 10. The number of carbonyl (C=O) groups excluding carboxylic acids is 1. The van der Waals surface area contributed by atoms with Crippen molar-refractivity contribution in [2.45, 2.75) is 45.2 Å². The Morgan fingerprint density at radius 2 is 2.21 bits per heavy atom. The van der Waals surface area contributed by atoms with Gasteiger partial charge in [0.15, 0.2) is 0 Å². The molecule has 0 spiro atoms. The molecule has 2 atom stereocenters. The van der Waals surface area contributed by atoms with Gasteiger partial charge in [-0.05, 0) is 32.6 Å². The van der Waals surface area contributed by atoms with Crippen LogP contribution in [0.1, 0.15) is 33.1 Å². The van der Waals surface area contributed by atoms with E-state index in [1.165, 1.54) is 12.8 Å². The second-order valence-electron chi connectivity index (χ2n) is 5.36. The van der Waals surface area contributed by atoms with Crippen LogP contribution < -0.4 is 11.1 Å². The third-order valence-corrected chi connectivity index (χ3v) is 3.92. The van der Waals surface area contributed by atoms with Gasteiger partial charge in [0.2, 0.25) is 5.91 Å². The summed E-state index contributed by atoms with van der Waals surface area (Å²) in [6, 6.07) is 0.593. The molecule has 0 aromatic carbocycles. The van der Waals surface area contributed by atoms with E-state index in [0.29, 0.717) is 32.2 Å². The van der Waals surface area contributed by atoms with E-state index in [9.17, 15) is 4.79 Å². The van der Waals surface area contributed by atoms with E-state index in [2.05, 4.69) is 17.1 Å². The van der Waals surface area contributed by atoms with E-state index in [-0.39, 0.29) is 11.9 Å².